The molecule has 52 heavy (non-hydrogen) atoms. The van der Waals surface area contributed by atoms with Crippen molar-refractivity contribution in [3.63, 3.8) is 0 Å². The van der Waals surface area contributed by atoms with Crippen LogP contribution in [0, 0.1) is 0 Å². The van der Waals surface area contributed by atoms with Crippen molar-refractivity contribution in [3.8, 4) is 0 Å². The molecule has 0 bridgehead atoms. The van der Waals surface area contributed by atoms with E-state index in [2.05, 4.69) is 45.9 Å². The summed E-state index contributed by atoms with van der Waals surface area (Å²) < 4.78 is 16.2. The van der Waals surface area contributed by atoms with Gasteiger partial charge in [-0.05, 0) is 43.9 Å². The second kappa shape index (κ2) is 20.6. The Hall–Kier alpha value is -3.60. The zero-order chi connectivity index (χ0) is 37.6. The van der Waals surface area contributed by atoms with E-state index >= 15 is 0 Å². The number of anilines is 1. The van der Waals surface area contributed by atoms with Crippen LogP contribution in [-0.2, 0) is 23.8 Å². The minimum atomic E-state index is -1.09. The third kappa shape index (κ3) is 12.0. The lowest BCUT2D eigenvalue weighted by Gasteiger charge is -2.39. The molecule has 16 heteroatoms. The monoisotopic (exact) mass is 747 g/mol. The second-order valence-electron chi connectivity index (χ2n) is 13.5. The molecule has 0 unspecified atom stereocenters. The van der Waals surface area contributed by atoms with E-state index in [1.807, 2.05) is 29.2 Å². The predicted octanol–water partition coefficient (Wildman–Crippen LogP) is 2.59. The average molecular weight is 748 g/mol. The molecule has 1 aliphatic heterocycles. The topological polar surface area (TPSA) is 170 Å². The maximum absolute atomic E-state index is 14.3. The number of amides is 3. The van der Waals surface area contributed by atoms with Crippen LogP contribution in [0.1, 0.15) is 62.0 Å². The lowest BCUT2D eigenvalue weighted by Crippen LogP contribution is -2.52. The summed E-state index contributed by atoms with van der Waals surface area (Å²) in [5.74, 6) is 0.482. The van der Waals surface area contributed by atoms with Crippen molar-refractivity contribution in [2.24, 2.45) is 0 Å². The molecule has 288 valence electrons. The van der Waals surface area contributed by atoms with Gasteiger partial charge in [0.25, 0.3) is 0 Å². The Labute approximate surface area is 311 Å². The number of ether oxygens (including phenoxy) is 3. The normalized spacial score (nSPS) is 17.8. The average Bonchev–Trinajstić information content (AvgIpc) is 3.43. The van der Waals surface area contributed by atoms with Crippen LogP contribution in [0.15, 0.2) is 30.6 Å². The fourth-order valence-electron chi connectivity index (χ4n) is 6.47. The highest BCUT2D eigenvalue weighted by Crippen LogP contribution is 2.42. The molecule has 2 aromatic rings. The first-order valence-electron chi connectivity index (χ1n) is 18.0. The highest BCUT2D eigenvalue weighted by molar-refractivity contribution is 6.30. The van der Waals surface area contributed by atoms with E-state index in [0.717, 1.165) is 16.9 Å². The zero-order valence-corrected chi connectivity index (χ0v) is 31.5. The first-order chi connectivity index (χ1) is 25.0. The molecule has 0 saturated carbocycles. The van der Waals surface area contributed by atoms with Gasteiger partial charge in [0.1, 0.15) is 18.8 Å². The molecule has 1 fully saturated rings. The minimum absolute atomic E-state index is 0.0473. The van der Waals surface area contributed by atoms with Crippen LogP contribution in [0.5, 0.6) is 0 Å². The van der Waals surface area contributed by atoms with Crippen LogP contribution in [0.25, 0.3) is 0 Å². The van der Waals surface area contributed by atoms with Crippen molar-refractivity contribution in [2.45, 2.75) is 51.2 Å². The molecule has 1 aromatic heterocycles. The van der Waals surface area contributed by atoms with Gasteiger partial charge in [0, 0.05) is 76.0 Å². The summed E-state index contributed by atoms with van der Waals surface area (Å²) in [6, 6.07) is 7.58. The van der Waals surface area contributed by atoms with E-state index in [4.69, 9.17) is 30.9 Å². The molecule has 2 heterocycles. The summed E-state index contributed by atoms with van der Waals surface area (Å²) in [4.78, 5) is 54.4. The van der Waals surface area contributed by atoms with Gasteiger partial charge in [-0.15, -0.1) is 0 Å². The van der Waals surface area contributed by atoms with Crippen molar-refractivity contribution in [2.75, 3.05) is 104 Å². The molecule has 1 saturated heterocycles. The smallest absolute Gasteiger partial charge is 0.404 e. The van der Waals surface area contributed by atoms with Crippen molar-refractivity contribution in [1.29, 1.82) is 0 Å². The molecular weight excluding hydrogens is 694 g/mol. The Morgan fingerprint density at radius 3 is 2.29 bits per heavy atom. The summed E-state index contributed by atoms with van der Waals surface area (Å²) in [7, 11) is 1.74. The number of carbonyl (C=O) groups excluding carboxylic acids is 2. The van der Waals surface area contributed by atoms with Crippen LogP contribution >= 0.6 is 11.6 Å². The molecule has 0 spiro atoms. The quantitative estimate of drug-likeness (QED) is 0.170. The van der Waals surface area contributed by atoms with Gasteiger partial charge in [-0.2, -0.15) is 0 Å². The Balaban J connectivity index is 1.26. The number of halogens is 1. The predicted molar refractivity (Wildman–Crippen MR) is 196 cm³/mol. The maximum atomic E-state index is 14.3. The number of hydrogen-bond acceptors (Lipinski definition) is 11. The minimum Gasteiger partial charge on any atom is -0.465 e. The SMILES string of the molecule is CC(C)N(CCN(C)C(=O)COCCOCCOCCNC(=O)O)C[C@@H](C(=O)N1CCN(c2ncnc3c2[C@H](C)C[C@H]3O)CC1)c1ccc(Cl)cc1. The fraction of sp³-hybridized carbons (Fsp3) is 0.639. The molecule has 2 aliphatic rings. The second-order valence-corrected chi connectivity index (χ2v) is 13.9. The molecule has 4 rings (SSSR count). The lowest BCUT2D eigenvalue weighted by molar-refractivity contribution is -0.136. The first-order valence-corrected chi connectivity index (χ1v) is 18.3. The summed E-state index contributed by atoms with van der Waals surface area (Å²) in [6.45, 7) is 11.7. The van der Waals surface area contributed by atoms with Crippen molar-refractivity contribution in [1.82, 2.24) is 30.0 Å². The number of aliphatic hydroxyl groups is 1. The van der Waals surface area contributed by atoms with Gasteiger partial charge in [0.05, 0.1) is 50.8 Å². The van der Waals surface area contributed by atoms with Gasteiger partial charge in [0.2, 0.25) is 11.8 Å². The Bertz CT molecular complexity index is 1440. The summed E-state index contributed by atoms with van der Waals surface area (Å²) >= 11 is 6.23. The van der Waals surface area contributed by atoms with Gasteiger partial charge >= 0.3 is 6.09 Å². The van der Waals surface area contributed by atoms with Crippen LogP contribution in [-0.4, -0.2) is 158 Å². The maximum Gasteiger partial charge on any atom is 0.404 e. The molecule has 3 atom stereocenters. The van der Waals surface area contributed by atoms with Crippen molar-refractivity contribution < 1.29 is 38.8 Å². The van der Waals surface area contributed by atoms with Crippen LogP contribution in [0.4, 0.5) is 10.6 Å². The van der Waals surface area contributed by atoms with E-state index in [0.29, 0.717) is 82.8 Å². The number of nitrogens with one attached hydrogen (secondary N) is 1. The number of aliphatic hydroxyl groups excluding tert-OH is 1. The molecule has 1 aliphatic carbocycles. The Morgan fingerprint density at radius 1 is 0.981 bits per heavy atom. The van der Waals surface area contributed by atoms with Gasteiger partial charge in [-0.3, -0.25) is 14.5 Å². The number of aromatic nitrogens is 2. The molecular formula is C36H54ClN7O8. The first kappa shape index (κ1) is 41.2. The summed E-state index contributed by atoms with van der Waals surface area (Å²) in [6.07, 6.45) is 0.494. The number of benzene rings is 1. The van der Waals surface area contributed by atoms with Gasteiger partial charge < -0.3 is 44.4 Å². The third-order valence-electron chi connectivity index (χ3n) is 9.53. The number of nitrogens with zero attached hydrogens (tertiary/aromatic N) is 6. The summed E-state index contributed by atoms with van der Waals surface area (Å²) in [5.41, 5.74) is 2.61. The number of hydrogen-bond donors (Lipinski definition) is 3. The van der Waals surface area contributed by atoms with E-state index in [1.54, 1.807) is 11.9 Å². The van der Waals surface area contributed by atoms with Gasteiger partial charge in [0.15, 0.2) is 0 Å². The third-order valence-corrected chi connectivity index (χ3v) is 9.78. The van der Waals surface area contributed by atoms with Crippen LogP contribution in [0.3, 0.4) is 0 Å². The van der Waals surface area contributed by atoms with E-state index in [1.165, 1.54) is 6.33 Å². The standard InChI is InChI=1S/C36H54ClN7O8/c1-25(2)44(11-10-41(4)31(46)23-52-20-19-51-18-17-50-16-9-38-36(48)49)22-29(27-5-7-28(37)8-6-27)35(47)43-14-12-42(13-15-43)34-32-26(3)21-30(45)33(32)39-24-40-34/h5-8,24-26,29-30,38,45H,9-23H2,1-4H3,(H,48,49)/t26-,29-,30-/m1/s1. The molecule has 3 amide bonds. The lowest BCUT2D eigenvalue weighted by atomic mass is 9.95. The largest absolute Gasteiger partial charge is 0.465 e. The Kier molecular flexibility index (Phi) is 16.3. The van der Waals surface area contributed by atoms with Crippen LogP contribution in [0.2, 0.25) is 5.02 Å². The molecule has 15 nitrogen and oxygen atoms in total. The van der Waals surface area contributed by atoms with Crippen molar-refractivity contribution in [3.05, 3.63) is 52.4 Å². The number of piperazine rings is 1. The number of likely N-dealkylation sites (N-methyl/N-ethyl adjacent to an activating group) is 1. The number of fused-ring (bicyclic) bond motifs is 1. The zero-order valence-electron chi connectivity index (χ0n) is 30.7. The van der Waals surface area contributed by atoms with E-state index in [-0.39, 0.29) is 50.1 Å². The van der Waals surface area contributed by atoms with Crippen molar-refractivity contribution >= 4 is 35.3 Å². The van der Waals surface area contributed by atoms with Gasteiger partial charge in [-0.1, -0.05) is 30.7 Å². The number of rotatable bonds is 20. The fourth-order valence-corrected chi connectivity index (χ4v) is 6.60. The molecule has 3 N–H and O–H groups in total. The number of carbonyl (C=O) groups is 3. The molecule has 0 radical (unpaired) electrons. The van der Waals surface area contributed by atoms with Gasteiger partial charge in [-0.25, -0.2) is 14.8 Å². The van der Waals surface area contributed by atoms with E-state index in [9.17, 15) is 19.5 Å². The highest BCUT2D eigenvalue weighted by Gasteiger charge is 2.35. The summed E-state index contributed by atoms with van der Waals surface area (Å²) in [5, 5.41) is 21.8. The molecule has 1 aromatic carbocycles. The highest BCUT2D eigenvalue weighted by atomic mass is 35.5. The number of carboxylic acid groups (broad SMARTS) is 1. The van der Waals surface area contributed by atoms with Crippen LogP contribution < -0.4 is 10.2 Å². The van der Waals surface area contributed by atoms with E-state index < -0.39 is 18.1 Å². The Morgan fingerprint density at radius 2 is 1.63 bits per heavy atom.